The molecule has 0 spiro atoms. The third-order valence-electron chi connectivity index (χ3n) is 2.68. The van der Waals surface area contributed by atoms with Crippen LogP contribution < -0.4 is 11.1 Å². The summed E-state index contributed by atoms with van der Waals surface area (Å²) in [5.41, 5.74) is 5.16. The Labute approximate surface area is 101 Å². The van der Waals surface area contributed by atoms with Crippen molar-refractivity contribution in [2.24, 2.45) is 11.7 Å². The summed E-state index contributed by atoms with van der Waals surface area (Å²) in [6.07, 6.45) is 0.810. The second-order valence-corrected chi connectivity index (χ2v) is 4.70. The van der Waals surface area contributed by atoms with Crippen molar-refractivity contribution in [3.8, 4) is 0 Å². The highest BCUT2D eigenvalue weighted by Gasteiger charge is 2.23. The maximum absolute atomic E-state index is 11.4. The molecule has 0 radical (unpaired) electrons. The number of hydrogen-bond acceptors (Lipinski definition) is 3. The summed E-state index contributed by atoms with van der Waals surface area (Å²) >= 11 is 0. The van der Waals surface area contributed by atoms with Crippen LogP contribution in [0.15, 0.2) is 0 Å². The second kappa shape index (κ2) is 6.32. The van der Waals surface area contributed by atoms with E-state index in [0.29, 0.717) is 38.4 Å². The van der Waals surface area contributed by atoms with Crippen molar-refractivity contribution in [3.05, 3.63) is 0 Å². The van der Waals surface area contributed by atoms with E-state index in [-0.39, 0.29) is 12.2 Å². The Morgan fingerprint density at radius 1 is 1.41 bits per heavy atom. The second-order valence-electron chi connectivity index (χ2n) is 4.70. The molecule has 3 amide bonds. The fraction of sp³-hybridized carbons (Fsp3) is 0.818. The predicted octanol–water partition coefficient (Wildman–Crippen LogP) is 0.912. The first-order valence-electron chi connectivity index (χ1n) is 5.98. The molecule has 0 bridgehead atoms. The number of nitrogens with two attached hydrogens (primary N) is 1. The molecule has 1 saturated heterocycles. The first-order chi connectivity index (χ1) is 7.99. The lowest BCUT2D eigenvalue weighted by Crippen LogP contribution is -2.44. The van der Waals surface area contributed by atoms with Gasteiger partial charge in [0.25, 0.3) is 0 Å². The number of amides is 3. The Balaban J connectivity index is 2.21. The molecule has 0 atom stereocenters. The van der Waals surface area contributed by atoms with Crippen molar-refractivity contribution in [1.82, 2.24) is 10.2 Å². The van der Waals surface area contributed by atoms with Crippen molar-refractivity contribution >= 4 is 12.1 Å². The Morgan fingerprint density at radius 3 is 2.47 bits per heavy atom. The number of primary amides is 1. The number of piperidine rings is 1. The average molecular weight is 243 g/mol. The summed E-state index contributed by atoms with van der Waals surface area (Å²) in [5, 5.41) is 2.70. The van der Waals surface area contributed by atoms with Crippen LogP contribution in [0.25, 0.3) is 0 Å². The molecule has 1 heterocycles. The van der Waals surface area contributed by atoms with Gasteiger partial charge in [0, 0.05) is 32.5 Å². The van der Waals surface area contributed by atoms with Crippen molar-refractivity contribution in [2.45, 2.75) is 32.8 Å². The summed E-state index contributed by atoms with van der Waals surface area (Å²) in [5.74, 6) is 0.402. The molecule has 1 fully saturated rings. The highest BCUT2D eigenvalue weighted by atomic mass is 16.6. The smallest absolute Gasteiger partial charge is 0.407 e. The van der Waals surface area contributed by atoms with E-state index in [4.69, 9.17) is 10.5 Å². The van der Waals surface area contributed by atoms with Crippen LogP contribution >= 0.6 is 0 Å². The Morgan fingerprint density at radius 2 is 2.00 bits per heavy atom. The number of likely N-dealkylation sites (tertiary alicyclic amines) is 1. The molecule has 6 heteroatoms. The van der Waals surface area contributed by atoms with Gasteiger partial charge in [0.1, 0.15) is 6.10 Å². The first kappa shape index (κ1) is 13.6. The van der Waals surface area contributed by atoms with Crippen molar-refractivity contribution < 1.29 is 14.3 Å². The SMILES string of the molecule is CC(C)CNC(=O)OC1CCN(C(N)=O)CC1. The van der Waals surface area contributed by atoms with Crippen LogP contribution in [-0.4, -0.2) is 42.8 Å². The van der Waals surface area contributed by atoms with Crippen molar-refractivity contribution in [1.29, 1.82) is 0 Å². The van der Waals surface area contributed by atoms with E-state index in [9.17, 15) is 9.59 Å². The first-order valence-corrected chi connectivity index (χ1v) is 5.98. The number of rotatable bonds is 3. The quantitative estimate of drug-likeness (QED) is 0.772. The number of nitrogens with zero attached hydrogens (tertiary/aromatic N) is 1. The summed E-state index contributed by atoms with van der Waals surface area (Å²) in [6, 6.07) is -0.410. The normalized spacial score (nSPS) is 17.0. The van der Waals surface area contributed by atoms with Crippen LogP contribution in [0.3, 0.4) is 0 Å². The summed E-state index contributed by atoms with van der Waals surface area (Å²) in [7, 11) is 0. The average Bonchev–Trinajstić information content (AvgIpc) is 2.27. The van der Waals surface area contributed by atoms with Crippen molar-refractivity contribution in [2.75, 3.05) is 19.6 Å². The summed E-state index contributed by atoms with van der Waals surface area (Å²) in [4.78, 5) is 23.8. The van der Waals surface area contributed by atoms with Gasteiger partial charge in [0.2, 0.25) is 0 Å². The van der Waals surface area contributed by atoms with Gasteiger partial charge in [-0.1, -0.05) is 13.8 Å². The molecule has 1 aliphatic heterocycles. The van der Waals surface area contributed by atoms with E-state index in [1.807, 2.05) is 13.8 Å². The molecule has 0 aromatic carbocycles. The Hall–Kier alpha value is -1.46. The molecule has 0 unspecified atom stereocenters. The van der Waals surface area contributed by atoms with Gasteiger partial charge in [-0.3, -0.25) is 0 Å². The van der Waals surface area contributed by atoms with Gasteiger partial charge in [-0.2, -0.15) is 0 Å². The minimum atomic E-state index is -0.410. The van der Waals surface area contributed by atoms with E-state index in [1.165, 1.54) is 0 Å². The molecule has 1 aliphatic rings. The van der Waals surface area contributed by atoms with Gasteiger partial charge in [-0.25, -0.2) is 9.59 Å². The van der Waals surface area contributed by atoms with E-state index in [2.05, 4.69) is 5.32 Å². The van der Waals surface area contributed by atoms with Crippen LogP contribution in [-0.2, 0) is 4.74 Å². The zero-order chi connectivity index (χ0) is 12.8. The van der Waals surface area contributed by atoms with E-state index >= 15 is 0 Å². The van der Waals surface area contributed by atoms with Crippen molar-refractivity contribution in [3.63, 3.8) is 0 Å². The molecular formula is C11H21N3O3. The van der Waals surface area contributed by atoms with E-state index < -0.39 is 6.03 Å². The highest BCUT2D eigenvalue weighted by molar-refractivity contribution is 5.72. The van der Waals surface area contributed by atoms with Gasteiger partial charge in [-0.15, -0.1) is 0 Å². The summed E-state index contributed by atoms with van der Waals surface area (Å²) in [6.45, 7) is 5.76. The highest BCUT2D eigenvalue weighted by Crippen LogP contribution is 2.13. The van der Waals surface area contributed by atoms with Crippen LogP contribution in [0.1, 0.15) is 26.7 Å². The molecule has 1 rings (SSSR count). The lowest BCUT2D eigenvalue weighted by molar-refractivity contribution is 0.0594. The third-order valence-corrected chi connectivity index (χ3v) is 2.68. The minimum Gasteiger partial charge on any atom is -0.446 e. The molecule has 0 aromatic rings. The third kappa shape index (κ3) is 4.93. The van der Waals surface area contributed by atoms with Gasteiger partial charge in [-0.05, 0) is 5.92 Å². The van der Waals surface area contributed by atoms with E-state index in [1.54, 1.807) is 4.90 Å². The number of carbonyl (C=O) groups is 2. The molecule has 6 nitrogen and oxygen atoms in total. The fourth-order valence-corrected chi connectivity index (χ4v) is 1.67. The number of alkyl carbamates (subject to hydrolysis) is 1. The monoisotopic (exact) mass is 243 g/mol. The number of hydrogen-bond donors (Lipinski definition) is 2. The number of ether oxygens (including phenoxy) is 1. The Kier molecular flexibility index (Phi) is 5.06. The molecular weight excluding hydrogens is 222 g/mol. The zero-order valence-electron chi connectivity index (χ0n) is 10.4. The van der Waals surface area contributed by atoms with Gasteiger partial charge in [0.15, 0.2) is 0 Å². The molecule has 0 aliphatic carbocycles. The van der Waals surface area contributed by atoms with Crippen LogP contribution in [0.4, 0.5) is 9.59 Å². The molecule has 98 valence electrons. The summed E-state index contributed by atoms with van der Waals surface area (Å²) < 4.78 is 5.24. The molecule has 0 aromatic heterocycles. The maximum atomic E-state index is 11.4. The lowest BCUT2D eigenvalue weighted by Gasteiger charge is -2.30. The molecule has 3 N–H and O–H groups in total. The standard InChI is InChI=1S/C11H21N3O3/c1-8(2)7-13-11(16)17-9-3-5-14(6-4-9)10(12)15/h8-9H,3-7H2,1-2H3,(H2,12,15)(H,13,16). The minimum absolute atomic E-state index is 0.113. The van der Waals surface area contributed by atoms with Crippen LogP contribution in [0, 0.1) is 5.92 Å². The number of nitrogens with one attached hydrogen (secondary N) is 1. The van der Waals surface area contributed by atoms with Gasteiger partial charge >= 0.3 is 12.1 Å². The number of urea groups is 1. The lowest BCUT2D eigenvalue weighted by atomic mass is 10.1. The number of carbonyl (C=O) groups excluding carboxylic acids is 2. The van der Waals surface area contributed by atoms with Crippen LogP contribution in [0.2, 0.25) is 0 Å². The van der Waals surface area contributed by atoms with Crippen LogP contribution in [0.5, 0.6) is 0 Å². The van der Waals surface area contributed by atoms with Gasteiger partial charge < -0.3 is 20.7 Å². The fourth-order valence-electron chi connectivity index (χ4n) is 1.67. The zero-order valence-corrected chi connectivity index (χ0v) is 10.4. The Bertz CT molecular complexity index is 273. The topological polar surface area (TPSA) is 84.7 Å². The van der Waals surface area contributed by atoms with Gasteiger partial charge in [0.05, 0.1) is 0 Å². The molecule has 17 heavy (non-hydrogen) atoms. The maximum Gasteiger partial charge on any atom is 0.407 e. The molecule has 0 saturated carbocycles. The largest absolute Gasteiger partial charge is 0.446 e. The van der Waals surface area contributed by atoms with E-state index in [0.717, 1.165) is 0 Å². The predicted molar refractivity (Wildman–Crippen MR) is 63.5 cm³/mol.